The Kier molecular flexibility index (Phi) is 7.03. The van der Waals surface area contributed by atoms with Crippen LogP contribution in [0, 0.1) is 23.0 Å². The van der Waals surface area contributed by atoms with Gasteiger partial charge in [-0.2, -0.15) is 5.26 Å². The van der Waals surface area contributed by atoms with Crippen molar-refractivity contribution in [1.82, 2.24) is 14.2 Å². The number of piperazine rings is 1. The average Bonchev–Trinajstić information content (AvgIpc) is 2.92. The summed E-state index contributed by atoms with van der Waals surface area (Å²) in [5, 5.41) is 10.3. The lowest BCUT2D eigenvalue weighted by molar-refractivity contribution is 0.0698. The van der Waals surface area contributed by atoms with Crippen LogP contribution in [0.2, 0.25) is 0 Å². The van der Waals surface area contributed by atoms with Crippen LogP contribution in [0.3, 0.4) is 0 Å². The SMILES string of the molecule is C[S+]([O-])N1CCN(C(=O)c2cnc3c(F)cc(F)cc3c2N2CCC(C#N)(c3ccccc3)CC2)CC1. The maximum Gasteiger partial charge on any atom is 0.257 e. The molecule has 0 radical (unpaired) electrons. The Bertz CT molecular complexity index is 1350. The molecule has 1 aromatic heterocycles. The number of benzene rings is 2. The van der Waals surface area contributed by atoms with E-state index in [1.54, 1.807) is 15.5 Å². The van der Waals surface area contributed by atoms with Gasteiger partial charge in [-0.25, -0.2) is 8.78 Å². The fraction of sp³-hybridized carbons (Fsp3) is 0.370. The van der Waals surface area contributed by atoms with Crippen molar-refractivity contribution >= 4 is 33.9 Å². The molecule has 3 heterocycles. The van der Waals surface area contributed by atoms with E-state index < -0.39 is 28.4 Å². The van der Waals surface area contributed by atoms with Gasteiger partial charge >= 0.3 is 0 Å². The van der Waals surface area contributed by atoms with Crippen LogP contribution in [0.1, 0.15) is 28.8 Å². The van der Waals surface area contributed by atoms with Crippen LogP contribution < -0.4 is 4.90 Å². The molecule has 10 heteroatoms. The zero-order valence-electron chi connectivity index (χ0n) is 20.5. The number of amides is 1. The molecule has 1 unspecified atom stereocenters. The topological polar surface area (TPSA) is 86.5 Å². The lowest BCUT2D eigenvalue weighted by Gasteiger charge is -2.40. The number of nitriles is 1. The molecule has 2 aliphatic heterocycles. The van der Waals surface area contributed by atoms with E-state index in [4.69, 9.17) is 0 Å². The molecular weight excluding hydrogens is 496 g/mol. The number of anilines is 1. The first-order chi connectivity index (χ1) is 17.8. The number of fused-ring (bicyclic) bond motifs is 1. The molecule has 0 spiro atoms. The molecule has 0 N–H and O–H groups in total. The van der Waals surface area contributed by atoms with Gasteiger partial charge in [0.25, 0.3) is 5.91 Å². The average molecular weight is 524 g/mol. The van der Waals surface area contributed by atoms with Crippen LogP contribution in [0.15, 0.2) is 48.7 Å². The molecule has 3 aromatic rings. The molecule has 7 nitrogen and oxygen atoms in total. The van der Waals surface area contributed by atoms with Gasteiger partial charge in [-0.3, -0.25) is 9.78 Å². The summed E-state index contributed by atoms with van der Waals surface area (Å²) in [7, 11) is 0. The van der Waals surface area contributed by atoms with Crippen LogP contribution in [-0.4, -0.2) is 70.2 Å². The Balaban J connectivity index is 1.51. The van der Waals surface area contributed by atoms with Crippen LogP contribution >= 0.6 is 0 Å². The smallest absolute Gasteiger partial charge is 0.257 e. The number of piperidine rings is 1. The zero-order valence-corrected chi connectivity index (χ0v) is 21.3. The molecule has 2 aromatic carbocycles. The number of aromatic nitrogens is 1. The Morgan fingerprint density at radius 1 is 1.08 bits per heavy atom. The largest absolute Gasteiger partial charge is 0.598 e. The summed E-state index contributed by atoms with van der Waals surface area (Å²) in [6.45, 7) is 2.59. The second-order valence-corrected chi connectivity index (χ2v) is 10.9. The highest BCUT2D eigenvalue weighted by molar-refractivity contribution is 7.88. The van der Waals surface area contributed by atoms with E-state index in [0.717, 1.165) is 11.6 Å². The van der Waals surface area contributed by atoms with Gasteiger partial charge in [-0.05, 0) is 24.5 Å². The van der Waals surface area contributed by atoms with Crippen molar-refractivity contribution in [2.75, 3.05) is 50.4 Å². The minimum atomic E-state index is -1.12. The molecule has 0 saturated carbocycles. The van der Waals surface area contributed by atoms with E-state index in [1.165, 1.54) is 12.3 Å². The van der Waals surface area contributed by atoms with E-state index in [0.29, 0.717) is 57.8 Å². The monoisotopic (exact) mass is 523 g/mol. The number of carbonyl (C=O) groups is 1. The molecule has 0 aliphatic carbocycles. The molecule has 1 amide bonds. The Labute approximate surface area is 217 Å². The summed E-state index contributed by atoms with van der Waals surface area (Å²) >= 11 is -1.12. The molecule has 2 aliphatic rings. The standard InChI is InChI=1S/C27H27F2N5O2S/c1-37(36)34-13-11-33(12-14-34)26(35)22-17-31-24-21(15-20(28)16-23(24)29)25(22)32-9-7-27(18-30,8-10-32)19-5-3-2-4-6-19/h2-6,15-17H,7-14H2,1H3. The van der Waals surface area contributed by atoms with E-state index in [1.807, 2.05) is 35.2 Å². The third-order valence-corrected chi connectivity index (χ3v) is 8.55. The fourth-order valence-corrected chi connectivity index (χ4v) is 6.04. The number of halogens is 2. The summed E-state index contributed by atoms with van der Waals surface area (Å²) in [5.74, 6) is -1.82. The maximum atomic E-state index is 14.7. The maximum absolute atomic E-state index is 14.7. The van der Waals surface area contributed by atoms with Crippen LogP contribution in [-0.2, 0) is 16.8 Å². The zero-order chi connectivity index (χ0) is 26.2. The Morgan fingerprint density at radius 2 is 1.76 bits per heavy atom. The molecule has 0 bridgehead atoms. The summed E-state index contributed by atoms with van der Waals surface area (Å²) in [4.78, 5) is 21.5. The van der Waals surface area contributed by atoms with Gasteiger partial charge in [0.05, 0.1) is 35.8 Å². The molecule has 2 saturated heterocycles. The third kappa shape index (κ3) is 4.75. The highest BCUT2D eigenvalue weighted by Crippen LogP contribution is 2.40. The molecule has 37 heavy (non-hydrogen) atoms. The van der Waals surface area contributed by atoms with Crippen LogP contribution in [0.25, 0.3) is 10.9 Å². The van der Waals surface area contributed by atoms with E-state index in [9.17, 15) is 23.4 Å². The van der Waals surface area contributed by atoms with Gasteiger partial charge in [-0.15, -0.1) is 4.31 Å². The normalized spacial score (nSPS) is 19.0. The number of carbonyl (C=O) groups excluding carboxylic acids is 1. The van der Waals surface area contributed by atoms with Crippen molar-refractivity contribution in [3.63, 3.8) is 0 Å². The van der Waals surface area contributed by atoms with Crippen molar-refractivity contribution < 1.29 is 18.1 Å². The van der Waals surface area contributed by atoms with Gasteiger partial charge in [0, 0.05) is 55.2 Å². The molecule has 5 rings (SSSR count). The van der Waals surface area contributed by atoms with E-state index in [2.05, 4.69) is 11.1 Å². The molecule has 1 atom stereocenters. The molecule has 2 fully saturated rings. The lowest BCUT2D eigenvalue weighted by atomic mass is 9.74. The lowest BCUT2D eigenvalue weighted by Crippen LogP contribution is -2.50. The number of rotatable bonds is 4. The van der Waals surface area contributed by atoms with Crippen molar-refractivity contribution in [3.8, 4) is 6.07 Å². The van der Waals surface area contributed by atoms with Crippen molar-refractivity contribution in [2.45, 2.75) is 18.3 Å². The van der Waals surface area contributed by atoms with Crippen LogP contribution in [0.5, 0.6) is 0 Å². The Hall–Kier alpha value is -3.26. The van der Waals surface area contributed by atoms with Gasteiger partial charge in [-0.1, -0.05) is 30.3 Å². The quantitative estimate of drug-likeness (QED) is 0.486. The van der Waals surface area contributed by atoms with E-state index in [-0.39, 0.29) is 22.4 Å². The minimum absolute atomic E-state index is 0.000622. The van der Waals surface area contributed by atoms with Crippen molar-refractivity contribution in [1.29, 1.82) is 5.26 Å². The van der Waals surface area contributed by atoms with Gasteiger partial charge < -0.3 is 14.4 Å². The highest BCUT2D eigenvalue weighted by Gasteiger charge is 2.38. The summed E-state index contributed by atoms with van der Waals surface area (Å²) in [5.41, 5.74) is 0.978. The first-order valence-electron chi connectivity index (χ1n) is 12.2. The second kappa shape index (κ2) is 10.2. The van der Waals surface area contributed by atoms with Crippen molar-refractivity contribution in [2.24, 2.45) is 0 Å². The van der Waals surface area contributed by atoms with Gasteiger partial charge in [0.15, 0.2) is 5.82 Å². The highest BCUT2D eigenvalue weighted by atomic mass is 32.2. The number of hydrogen-bond donors (Lipinski definition) is 0. The molecule has 192 valence electrons. The summed E-state index contributed by atoms with van der Waals surface area (Å²) in [6, 6.07) is 14.1. The predicted octanol–water partition coefficient (Wildman–Crippen LogP) is 3.63. The summed E-state index contributed by atoms with van der Waals surface area (Å²) < 4.78 is 42.7. The van der Waals surface area contributed by atoms with Crippen LogP contribution in [0.4, 0.5) is 14.5 Å². The molecular formula is C27H27F2N5O2S. The first-order valence-corrected chi connectivity index (χ1v) is 13.7. The first kappa shape index (κ1) is 25.4. The second-order valence-electron chi connectivity index (χ2n) is 9.50. The van der Waals surface area contributed by atoms with Crippen molar-refractivity contribution in [3.05, 3.63) is 71.4 Å². The summed E-state index contributed by atoms with van der Waals surface area (Å²) in [6.07, 6.45) is 3.99. The number of nitrogens with zero attached hydrogens (tertiary/aromatic N) is 5. The fourth-order valence-electron chi connectivity index (χ4n) is 5.36. The van der Waals surface area contributed by atoms with E-state index >= 15 is 0 Å². The number of pyridine rings is 1. The Morgan fingerprint density at radius 3 is 2.38 bits per heavy atom. The number of hydrogen-bond acceptors (Lipinski definition) is 6. The predicted molar refractivity (Wildman–Crippen MR) is 138 cm³/mol. The van der Waals surface area contributed by atoms with Gasteiger partial charge in [0.1, 0.15) is 17.6 Å². The van der Waals surface area contributed by atoms with Gasteiger partial charge in [0.2, 0.25) is 0 Å². The minimum Gasteiger partial charge on any atom is -0.598 e. The third-order valence-electron chi connectivity index (χ3n) is 7.45.